The Morgan fingerprint density at radius 1 is 1.15 bits per heavy atom. The maximum Gasteiger partial charge on any atom is 0.211 e. The third-order valence-corrected chi connectivity index (χ3v) is 6.29. The van der Waals surface area contributed by atoms with Gasteiger partial charge in [-0.25, -0.2) is 12.7 Å². The van der Waals surface area contributed by atoms with Gasteiger partial charge < -0.3 is 10.2 Å². The highest BCUT2D eigenvalue weighted by Gasteiger charge is 2.32. The minimum Gasteiger partial charge on any atom is -0.311 e. The average Bonchev–Trinajstić information content (AvgIpc) is 2.35. The molecule has 0 spiro atoms. The summed E-state index contributed by atoms with van der Waals surface area (Å²) < 4.78 is 24.6. The van der Waals surface area contributed by atoms with E-state index in [4.69, 9.17) is 0 Å². The molecule has 2 aliphatic rings. The van der Waals surface area contributed by atoms with Gasteiger partial charge in [0, 0.05) is 37.8 Å². The van der Waals surface area contributed by atoms with E-state index in [1.54, 1.807) is 4.31 Å². The molecular formula is C14H29N3O2S. The molecule has 2 rings (SSSR count). The van der Waals surface area contributed by atoms with Gasteiger partial charge in [-0.05, 0) is 39.2 Å². The van der Waals surface area contributed by atoms with E-state index in [-0.39, 0.29) is 0 Å². The third kappa shape index (κ3) is 3.93. The van der Waals surface area contributed by atoms with Crippen LogP contribution in [0.25, 0.3) is 0 Å². The van der Waals surface area contributed by atoms with Crippen LogP contribution >= 0.6 is 0 Å². The second-order valence-electron chi connectivity index (χ2n) is 6.71. The standard InChI is InChI=1S/C14H29N3O2S/c1-11-10-16(3)12(2)9-14(11)15-13-5-7-17(8-6-13)20(4,18)19/h11-15H,5-10H2,1-4H3. The summed E-state index contributed by atoms with van der Waals surface area (Å²) in [7, 11) is -0.814. The van der Waals surface area contributed by atoms with Crippen molar-refractivity contribution in [3.05, 3.63) is 0 Å². The lowest BCUT2D eigenvalue weighted by Crippen LogP contribution is -2.55. The zero-order chi connectivity index (χ0) is 14.9. The molecular weight excluding hydrogens is 274 g/mol. The van der Waals surface area contributed by atoms with E-state index in [2.05, 4.69) is 31.1 Å². The van der Waals surface area contributed by atoms with Crippen molar-refractivity contribution >= 4 is 10.0 Å². The molecule has 0 aromatic heterocycles. The van der Waals surface area contributed by atoms with Crippen LogP contribution in [0.3, 0.4) is 0 Å². The van der Waals surface area contributed by atoms with Gasteiger partial charge in [-0.1, -0.05) is 6.92 Å². The number of hydrogen-bond donors (Lipinski definition) is 1. The predicted molar refractivity (Wildman–Crippen MR) is 82.2 cm³/mol. The van der Waals surface area contributed by atoms with E-state index >= 15 is 0 Å². The molecule has 6 heteroatoms. The summed E-state index contributed by atoms with van der Waals surface area (Å²) in [5, 5.41) is 3.78. The minimum atomic E-state index is -3.01. The Bertz CT molecular complexity index is 418. The van der Waals surface area contributed by atoms with Crippen LogP contribution in [0, 0.1) is 5.92 Å². The van der Waals surface area contributed by atoms with Gasteiger partial charge >= 0.3 is 0 Å². The van der Waals surface area contributed by atoms with Crippen LogP contribution in [0.1, 0.15) is 33.1 Å². The molecule has 3 atom stereocenters. The second kappa shape index (κ2) is 6.30. The van der Waals surface area contributed by atoms with Crippen LogP contribution in [0.5, 0.6) is 0 Å². The molecule has 2 saturated heterocycles. The van der Waals surface area contributed by atoms with Gasteiger partial charge in [0.25, 0.3) is 0 Å². The number of nitrogens with zero attached hydrogens (tertiary/aromatic N) is 2. The molecule has 0 saturated carbocycles. The first-order chi connectivity index (χ1) is 9.27. The lowest BCUT2D eigenvalue weighted by Gasteiger charge is -2.42. The first-order valence-corrected chi connectivity index (χ1v) is 9.53. The number of nitrogens with one attached hydrogen (secondary N) is 1. The van der Waals surface area contributed by atoms with Crippen LogP contribution in [0.15, 0.2) is 0 Å². The predicted octanol–water partition coefficient (Wildman–Crippen LogP) is 0.729. The first-order valence-electron chi connectivity index (χ1n) is 7.68. The van der Waals surface area contributed by atoms with Crippen LogP contribution in [0.2, 0.25) is 0 Å². The Morgan fingerprint density at radius 2 is 1.75 bits per heavy atom. The number of piperidine rings is 2. The molecule has 2 heterocycles. The van der Waals surface area contributed by atoms with Gasteiger partial charge in [-0.15, -0.1) is 0 Å². The molecule has 2 aliphatic heterocycles. The van der Waals surface area contributed by atoms with Crippen molar-refractivity contribution in [3.8, 4) is 0 Å². The van der Waals surface area contributed by atoms with Crippen molar-refractivity contribution in [3.63, 3.8) is 0 Å². The number of rotatable bonds is 3. The van der Waals surface area contributed by atoms with E-state index in [9.17, 15) is 8.42 Å². The van der Waals surface area contributed by atoms with Crippen molar-refractivity contribution in [2.75, 3.05) is 32.9 Å². The van der Waals surface area contributed by atoms with Crippen LogP contribution < -0.4 is 5.32 Å². The first kappa shape index (κ1) is 16.2. The lowest BCUT2D eigenvalue weighted by molar-refractivity contribution is 0.109. The summed E-state index contributed by atoms with van der Waals surface area (Å²) in [6, 6.07) is 1.66. The highest BCUT2D eigenvalue weighted by molar-refractivity contribution is 7.88. The van der Waals surface area contributed by atoms with E-state index in [1.165, 1.54) is 12.7 Å². The summed E-state index contributed by atoms with van der Waals surface area (Å²) in [5.74, 6) is 0.657. The molecule has 0 aromatic carbocycles. The highest BCUT2D eigenvalue weighted by Crippen LogP contribution is 2.23. The van der Waals surface area contributed by atoms with Crippen LogP contribution in [-0.2, 0) is 10.0 Å². The van der Waals surface area contributed by atoms with Crippen molar-refractivity contribution in [2.45, 2.75) is 51.2 Å². The molecule has 118 valence electrons. The molecule has 5 nitrogen and oxygen atoms in total. The Balaban J connectivity index is 1.83. The molecule has 0 radical (unpaired) electrons. The molecule has 20 heavy (non-hydrogen) atoms. The van der Waals surface area contributed by atoms with Crippen LogP contribution in [-0.4, -0.2) is 68.7 Å². The highest BCUT2D eigenvalue weighted by atomic mass is 32.2. The van der Waals surface area contributed by atoms with Crippen molar-refractivity contribution < 1.29 is 8.42 Å². The summed E-state index contributed by atoms with van der Waals surface area (Å²) >= 11 is 0. The summed E-state index contributed by atoms with van der Waals surface area (Å²) in [6.07, 6.45) is 4.35. The Hall–Kier alpha value is -0.170. The quantitative estimate of drug-likeness (QED) is 0.835. The van der Waals surface area contributed by atoms with Gasteiger partial charge in [0.05, 0.1) is 6.26 Å². The van der Waals surface area contributed by atoms with Gasteiger partial charge in [-0.2, -0.15) is 0 Å². The van der Waals surface area contributed by atoms with Gasteiger partial charge in [0.2, 0.25) is 10.0 Å². The monoisotopic (exact) mass is 303 g/mol. The van der Waals surface area contributed by atoms with Gasteiger partial charge in [-0.3, -0.25) is 0 Å². The van der Waals surface area contributed by atoms with Gasteiger partial charge in [0.1, 0.15) is 0 Å². The van der Waals surface area contributed by atoms with E-state index in [0.29, 0.717) is 37.1 Å². The molecule has 0 aliphatic carbocycles. The van der Waals surface area contributed by atoms with Crippen LogP contribution in [0.4, 0.5) is 0 Å². The van der Waals surface area contributed by atoms with E-state index in [1.807, 2.05) is 0 Å². The van der Waals surface area contributed by atoms with E-state index in [0.717, 1.165) is 19.4 Å². The maximum atomic E-state index is 11.5. The van der Waals surface area contributed by atoms with E-state index < -0.39 is 10.0 Å². The second-order valence-corrected chi connectivity index (χ2v) is 8.69. The minimum absolute atomic E-state index is 0.469. The Labute approximate surface area is 123 Å². The molecule has 1 N–H and O–H groups in total. The fourth-order valence-corrected chi connectivity index (χ4v) is 4.30. The number of sulfonamides is 1. The summed E-state index contributed by atoms with van der Waals surface area (Å²) in [5.41, 5.74) is 0. The number of likely N-dealkylation sites (tertiary alicyclic amines) is 1. The largest absolute Gasteiger partial charge is 0.311 e. The molecule has 3 unspecified atom stereocenters. The summed E-state index contributed by atoms with van der Waals surface area (Å²) in [6.45, 7) is 7.06. The SMILES string of the molecule is CC1CN(C)C(C)CC1NC1CCN(S(C)(=O)=O)CC1. The number of hydrogen-bond acceptors (Lipinski definition) is 4. The van der Waals surface area contributed by atoms with Crippen molar-refractivity contribution in [2.24, 2.45) is 5.92 Å². The topological polar surface area (TPSA) is 52.6 Å². The molecule has 0 amide bonds. The van der Waals surface area contributed by atoms with Crippen molar-refractivity contribution in [1.29, 1.82) is 0 Å². The van der Waals surface area contributed by atoms with Gasteiger partial charge in [0.15, 0.2) is 0 Å². The van der Waals surface area contributed by atoms with Crippen molar-refractivity contribution in [1.82, 2.24) is 14.5 Å². The Morgan fingerprint density at radius 3 is 2.30 bits per heavy atom. The zero-order valence-corrected chi connectivity index (χ0v) is 14.0. The summed E-state index contributed by atoms with van der Waals surface area (Å²) in [4.78, 5) is 2.43. The lowest BCUT2D eigenvalue weighted by atomic mass is 9.88. The third-order valence-electron chi connectivity index (χ3n) is 4.98. The molecule has 2 fully saturated rings. The maximum absolute atomic E-state index is 11.5. The zero-order valence-electron chi connectivity index (χ0n) is 13.2. The average molecular weight is 303 g/mol. The molecule has 0 aromatic rings. The Kier molecular flexibility index (Phi) is 5.10. The fraction of sp³-hybridized carbons (Fsp3) is 1.00. The fourth-order valence-electron chi connectivity index (χ4n) is 3.43. The normalized spacial score (nSPS) is 35.3. The molecule has 0 bridgehead atoms. The smallest absolute Gasteiger partial charge is 0.211 e.